The van der Waals surface area contributed by atoms with Crippen LogP contribution in [-0.2, 0) is 0 Å². The second kappa shape index (κ2) is 4.63. The molecule has 4 heteroatoms. The SMILES string of the molecule is COc1cncc(C(O)C2(C)CCCS2)c1. The average molecular weight is 239 g/mol. The third kappa shape index (κ3) is 2.18. The number of aliphatic hydroxyl groups is 1. The van der Waals surface area contributed by atoms with E-state index in [9.17, 15) is 5.11 Å². The molecule has 2 atom stereocenters. The Morgan fingerprint density at radius 1 is 1.56 bits per heavy atom. The van der Waals surface area contributed by atoms with Gasteiger partial charge in [-0.15, -0.1) is 0 Å². The third-order valence-electron chi connectivity index (χ3n) is 3.11. The molecular weight excluding hydrogens is 222 g/mol. The number of aromatic nitrogens is 1. The molecule has 0 saturated carbocycles. The molecule has 2 heterocycles. The van der Waals surface area contributed by atoms with E-state index in [4.69, 9.17) is 4.74 Å². The van der Waals surface area contributed by atoms with Crippen molar-refractivity contribution < 1.29 is 9.84 Å². The molecule has 1 saturated heterocycles. The predicted molar refractivity (Wildman–Crippen MR) is 65.8 cm³/mol. The van der Waals surface area contributed by atoms with Crippen molar-refractivity contribution in [2.45, 2.75) is 30.6 Å². The van der Waals surface area contributed by atoms with Crippen LogP contribution in [0.3, 0.4) is 0 Å². The van der Waals surface area contributed by atoms with Crippen molar-refractivity contribution in [2.75, 3.05) is 12.9 Å². The average Bonchev–Trinajstić information content (AvgIpc) is 2.76. The molecule has 2 rings (SSSR count). The van der Waals surface area contributed by atoms with Gasteiger partial charge in [-0.05, 0) is 31.6 Å². The van der Waals surface area contributed by atoms with Gasteiger partial charge in [-0.25, -0.2) is 0 Å². The van der Waals surface area contributed by atoms with Crippen LogP contribution < -0.4 is 4.74 Å². The van der Waals surface area contributed by atoms with Gasteiger partial charge in [-0.3, -0.25) is 4.98 Å². The van der Waals surface area contributed by atoms with E-state index in [0.29, 0.717) is 5.75 Å². The van der Waals surface area contributed by atoms with E-state index in [1.54, 1.807) is 19.5 Å². The van der Waals surface area contributed by atoms with Gasteiger partial charge in [0.25, 0.3) is 0 Å². The van der Waals surface area contributed by atoms with Crippen molar-refractivity contribution in [2.24, 2.45) is 0 Å². The lowest BCUT2D eigenvalue weighted by Gasteiger charge is -2.29. The fourth-order valence-corrected chi connectivity index (χ4v) is 3.40. The summed E-state index contributed by atoms with van der Waals surface area (Å²) in [6, 6.07) is 1.86. The van der Waals surface area contributed by atoms with Gasteiger partial charge in [0.1, 0.15) is 5.75 Å². The van der Waals surface area contributed by atoms with E-state index >= 15 is 0 Å². The van der Waals surface area contributed by atoms with E-state index < -0.39 is 6.10 Å². The molecule has 1 aromatic heterocycles. The van der Waals surface area contributed by atoms with Gasteiger partial charge in [0.05, 0.1) is 19.4 Å². The molecule has 0 spiro atoms. The van der Waals surface area contributed by atoms with Crippen molar-refractivity contribution in [3.8, 4) is 5.75 Å². The highest BCUT2D eigenvalue weighted by atomic mass is 32.2. The molecule has 0 aromatic carbocycles. The number of aliphatic hydroxyl groups excluding tert-OH is 1. The van der Waals surface area contributed by atoms with Gasteiger partial charge in [-0.2, -0.15) is 11.8 Å². The Morgan fingerprint density at radius 3 is 3.00 bits per heavy atom. The van der Waals surface area contributed by atoms with Crippen LogP contribution in [-0.4, -0.2) is 27.7 Å². The summed E-state index contributed by atoms with van der Waals surface area (Å²) in [5.74, 6) is 1.83. The van der Waals surface area contributed by atoms with Crippen LogP contribution in [0, 0.1) is 0 Å². The maximum atomic E-state index is 10.4. The minimum absolute atomic E-state index is 0.0754. The quantitative estimate of drug-likeness (QED) is 0.879. The van der Waals surface area contributed by atoms with Crippen molar-refractivity contribution in [3.05, 3.63) is 24.0 Å². The molecule has 1 aliphatic heterocycles. The molecule has 2 unspecified atom stereocenters. The molecule has 1 aromatic rings. The van der Waals surface area contributed by atoms with Crippen molar-refractivity contribution in [3.63, 3.8) is 0 Å². The Balaban J connectivity index is 2.22. The Kier molecular flexibility index (Phi) is 3.40. The molecule has 16 heavy (non-hydrogen) atoms. The first-order valence-corrected chi connectivity index (χ1v) is 6.45. The van der Waals surface area contributed by atoms with Gasteiger partial charge in [0.15, 0.2) is 0 Å². The van der Waals surface area contributed by atoms with E-state index in [1.807, 2.05) is 17.8 Å². The van der Waals surface area contributed by atoms with Gasteiger partial charge in [0, 0.05) is 16.5 Å². The number of pyridine rings is 1. The summed E-state index contributed by atoms with van der Waals surface area (Å²) < 4.78 is 5.04. The number of ether oxygens (including phenoxy) is 1. The number of hydrogen-bond donors (Lipinski definition) is 1. The monoisotopic (exact) mass is 239 g/mol. The van der Waals surface area contributed by atoms with Crippen LogP contribution in [0.2, 0.25) is 0 Å². The lowest BCUT2D eigenvalue weighted by molar-refractivity contribution is 0.134. The van der Waals surface area contributed by atoms with Gasteiger partial charge < -0.3 is 9.84 Å². The van der Waals surface area contributed by atoms with E-state index in [-0.39, 0.29) is 4.75 Å². The maximum Gasteiger partial charge on any atom is 0.137 e. The zero-order valence-corrected chi connectivity index (χ0v) is 10.5. The van der Waals surface area contributed by atoms with Crippen molar-refractivity contribution in [1.82, 2.24) is 4.98 Å². The second-order valence-corrected chi connectivity index (χ2v) is 5.95. The highest BCUT2D eigenvalue weighted by molar-refractivity contribution is 8.00. The number of thioether (sulfide) groups is 1. The van der Waals surface area contributed by atoms with Crippen LogP contribution >= 0.6 is 11.8 Å². The summed E-state index contributed by atoms with van der Waals surface area (Å²) in [7, 11) is 1.61. The molecule has 3 nitrogen and oxygen atoms in total. The molecule has 0 radical (unpaired) electrons. The summed E-state index contributed by atoms with van der Waals surface area (Å²) in [6.07, 6.45) is 5.13. The predicted octanol–water partition coefficient (Wildman–Crippen LogP) is 2.41. The number of rotatable bonds is 3. The Morgan fingerprint density at radius 2 is 2.38 bits per heavy atom. The third-order valence-corrected chi connectivity index (χ3v) is 4.69. The highest BCUT2D eigenvalue weighted by Crippen LogP contribution is 2.46. The van der Waals surface area contributed by atoms with Crippen molar-refractivity contribution in [1.29, 1.82) is 0 Å². The zero-order valence-electron chi connectivity index (χ0n) is 9.64. The molecule has 0 aliphatic carbocycles. The van der Waals surface area contributed by atoms with Crippen LogP contribution in [0.1, 0.15) is 31.4 Å². The zero-order chi connectivity index (χ0) is 11.6. The Hall–Kier alpha value is -0.740. The first-order chi connectivity index (χ1) is 7.65. The molecule has 0 amide bonds. The van der Waals surface area contributed by atoms with Crippen LogP contribution in [0.25, 0.3) is 0 Å². The molecule has 1 fully saturated rings. The first kappa shape index (κ1) is 11.7. The Bertz CT molecular complexity index is 364. The van der Waals surface area contributed by atoms with Gasteiger partial charge >= 0.3 is 0 Å². The van der Waals surface area contributed by atoms with E-state index in [0.717, 1.165) is 17.7 Å². The summed E-state index contributed by atoms with van der Waals surface area (Å²) >= 11 is 1.84. The molecular formula is C12H17NO2S. The number of hydrogen-bond acceptors (Lipinski definition) is 4. The lowest BCUT2D eigenvalue weighted by Crippen LogP contribution is -2.26. The summed E-state index contributed by atoms with van der Waals surface area (Å²) in [5.41, 5.74) is 0.844. The molecule has 1 N–H and O–H groups in total. The fraction of sp³-hybridized carbons (Fsp3) is 0.583. The van der Waals surface area contributed by atoms with Gasteiger partial charge in [-0.1, -0.05) is 0 Å². The van der Waals surface area contributed by atoms with Crippen molar-refractivity contribution >= 4 is 11.8 Å². The normalized spacial score (nSPS) is 26.7. The van der Waals surface area contributed by atoms with E-state index in [1.165, 1.54) is 6.42 Å². The molecule has 0 bridgehead atoms. The smallest absolute Gasteiger partial charge is 0.137 e. The summed E-state index contributed by atoms with van der Waals surface area (Å²) in [6.45, 7) is 2.12. The minimum atomic E-state index is -0.470. The van der Waals surface area contributed by atoms with Gasteiger partial charge in [0.2, 0.25) is 0 Å². The number of methoxy groups -OCH3 is 1. The first-order valence-electron chi connectivity index (χ1n) is 5.47. The largest absolute Gasteiger partial charge is 0.495 e. The topological polar surface area (TPSA) is 42.4 Å². The van der Waals surface area contributed by atoms with E-state index in [2.05, 4.69) is 11.9 Å². The Labute approximate surface area is 100 Å². The molecule has 88 valence electrons. The summed E-state index contributed by atoms with van der Waals surface area (Å²) in [4.78, 5) is 4.08. The van der Waals surface area contributed by atoms with Crippen LogP contribution in [0.15, 0.2) is 18.5 Å². The maximum absolute atomic E-state index is 10.4. The lowest BCUT2D eigenvalue weighted by atomic mass is 9.94. The fourth-order valence-electron chi connectivity index (χ4n) is 2.07. The van der Waals surface area contributed by atoms with Crippen LogP contribution in [0.5, 0.6) is 5.75 Å². The standard InChI is InChI=1S/C12H17NO2S/c1-12(4-3-5-16-12)11(14)9-6-10(15-2)8-13-7-9/h6-8,11,14H,3-5H2,1-2H3. The minimum Gasteiger partial charge on any atom is -0.495 e. The highest BCUT2D eigenvalue weighted by Gasteiger charge is 2.37. The molecule has 1 aliphatic rings. The second-order valence-electron chi connectivity index (χ2n) is 4.33. The number of nitrogens with zero attached hydrogens (tertiary/aromatic N) is 1. The van der Waals surface area contributed by atoms with Crippen LogP contribution in [0.4, 0.5) is 0 Å². The summed E-state index contributed by atoms with van der Waals surface area (Å²) in [5, 5.41) is 10.4.